The van der Waals surface area contributed by atoms with Gasteiger partial charge in [0, 0.05) is 13.1 Å². The van der Waals surface area contributed by atoms with Crippen LogP contribution in [-0.2, 0) is 0 Å². The third-order valence-electron chi connectivity index (χ3n) is 3.19. The molecule has 0 spiro atoms. The van der Waals surface area contributed by atoms with Crippen LogP contribution in [0.1, 0.15) is 32.1 Å². The zero-order chi connectivity index (χ0) is 15.8. The molecule has 6 nitrogen and oxygen atoms in total. The maximum atomic E-state index is 11.7. The molecule has 1 aromatic heterocycles. The van der Waals surface area contributed by atoms with Crippen molar-refractivity contribution in [3.05, 3.63) is 24.2 Å². The number of nitrogens with zero attached hydrogens (tertiary/aromatic N) is 1. The van der Waals surface area contributed by atoms with Crippen LogP contribution in [-0.4, -0.2) is 49.3 Å². The molecule has 1 rings (SSSR count). The van der Waals surface area contributed by atoms with Crippen molar-refractivity contribution in [3.63, 3.8) is 0 Å². The highest BCUT2D eigenvalue weighted by Crippen LogP contribution is 2.17. The zero-order valence-electron chi connectivity index (χ0n) is 13.3. The van der Waals surface area contributed by atoms with Crippen molar-refractivity contribution >= 4 is 6.03 Å². The van der Waals surface area contributed by atoms with Gasteiger partial charge in [-0.05, 0) is 38.6 Å². The van der Waals surface area contributed by atoms with E-state index < -0.39 is 6.10 Å². The third-order valence-corrected chi connectivity index (χ3v) is 3.19. The first-order valence-corrected chi connectivity index (χ1v) is 7.29. The monoisotopic (exact) mass is 297 g/mol. The van der Waals surface area contributed by atoms with Gasteiger partial charge in [0.2, 0.25) is 0 Å². The second-order valence-electron chi connectivity index (χ2n) is 5.87. The van der Waals surface area contributed by atoms with Gasteiger partial charge in [-0.1, -0.05) is 13.8 Å². The molecule has 0 bridgehead atoms. The number of urea groups is 1. The summed E-state index contributed by atoms with van der Waals surface area (Å²) < 4.78 is 5.38. The number of furan rings is 1. The summed E-state index contributed by atoms with van der Waals surface area (Å²) in [6.45, 7) is 4.77. The first-order valence-electron chi connectivity index (χ1n) is 7.29. The molecule has 0 radical (unpaired) electrons. The number of carbonyl (C=O) groups is 1. The molecule has 3 N–H and O–H groups in total. The summed E-state index contributed by atoms with van der Waals surface area (Å²) in [5, 5.41) is 15.2. The molecule has 2 atom stereocenters. The van der Waals surface area contributed by atoms with Crippen molar-refractivity contribution in [2.24, 2.45) is 5.92 Å². The van der Waals surface area contributed by atoms with Gasteiger partial charge >= 0.3 is 6.03 Å². The summed E-state index contributed by atoms with van der Waals surface area (Å²) in [5.74, 6) is 1.21. The summed E-state index contributed by atoms with van der Waals surface area (Å²) >= 11 is 0. The van der Waals surface area contributed by atoms with Gasteiger partial charge in [0.1, 0.15) is 5.76 Å². The molecule has 1 heterocycles. The largest absolute Gasteiger partial charge is 0.468 e. The van der Waals surface area contributed by atoms with Crippen LogP contribution in [0, 0.1) is 5.92 Å². The quantitative estimate of drug-likeness (QED) is 0.681. The first kappa shape index (κ1) is 17.5. The molecule has 0 fully saturated rings. The van der Waals surface area contributed by atoms with E-state index in [9.17, 15) is 9.90 Å². The van der Waals surface area contributed by atoms with E-state index in [0.29, 0.717) is 18.9 Å². The Balaban J connectivity index is 2.34. The first-order chi connectivity index (χ1) is 9.90. The molecular weight excluding hydrogens is 270 g/mol. The van der Waals surface area contributed by atoms with Crippen LogP contribution in [0.5, 0.6) is 0 Å². The van der Waals surface area contributed by atoms with Gasteiger partial charge in [0.05, 0.1) is 18.4 Å². The molecule has 6 heteroatoms. The number of hydrogen-bond donors (Lipinski definition) is 3. The zero-order valence-corrected chi connectivity index (χ0v) is 13.3. The Morgan fingerprint density at radius 2 is 2.00 bits per heavy atom. The van der Waals surface area contributed by atoms with E-state index in [1.807, 2.05) is 45.0 Å². The number of aliphatic hydroxyl groups is 1. The minimum absolute atomic E-state index is 0.0219. The maximum absolute atomic E-state index is 11.7. The fourth-order valence-electron chi connectivity index (χ4n) is 2.11. The van der Waals surface area contributed by atoms with Crippen LogP contribution in [0.3, 0.4) is 0 Å². The average Bonchev–Trinajstić information content (AvgIpc) is 2.89. The van der Waals surface area contributed by atoms with E-state index >= 15 is 0 Å². The number of amides is 2. The van der Waals surface area contributed by atoms with E-state index in [2.05, 4.69) is 10.6 Å². The predicted octanol–water partition coefficient (Wildman–Crippen LogP) is 1.59. The molecular formula is C15H27N3O3. The Bertz CT molecular complexity index is 404. The fourth-order valence-corrected chi connectivity index (χ4v) is 2.11. The van der Waals surface area contributed by atoms with Crippen LogP contribution in [0.15, 0.2) is 22.8 Å². The van der Waals surface area contributed by atoms with E-state index in [1.165, 1.54) is 0 Å². The number of carbonyl (C=O) groups excluding carboxylic acids is 1. The fraction of sp³-hybridized carbons (Fsp3) is 0.667. The lowest BCUT2D eigenvalue weighted by Crippen LogP contribution is -2.43. The standard InChI is InChI=1S/C15H27N3O3/c1-11(2)8-12(19)9-16-15(20)17-10-13(18(3)4)14-6-5-7-21-14/h5-7,11-13,19H,8-10H2,1-4H3,(H2,16,17,20). The molecule has 0 aromatic carbocycles. The normalized spacial score (nSPS) is 14.2. The molecule has 2 unspecified atom stereocenters. The van der Waals surface area contributed by atoms with Crippen LogP contribution >= 0.6 is 0 Å². The topological polar surface area (TPSA) is 77.7 Å². The smallest absolute Gasteiger partial charge is 0.314 e. The van der Waals surface area contributed by atoms with E-state index in [-0.39, 0.29) is 18.6 Å². The average molecular weight is 297 g/mol. The highest BCUT2D eigenvalue weighted by molar-refractivity contribution is 5.73. The molecule has 0 aliphatic heterocycles. The summed E-state index contributed by atoms with van der Waals surface area (Å²) in [6.07, 6.45) is 1.78. The van der Waals surface area contributed by atoms with Crippen LogP contribution in [0.25, 0.3) is 0 Å². The number of hydrogen-bond acceptors (Lipinski definition) is 4. The Labute approximate surface area is 126 Å². The molecule has 120 valence electrons. The summed E-state index contributed by atoms with van der Waals surface area (Å²) in [4.78, 5) is 13.7. The van der Waals surface area contributed by atoms with Gasteiger partial charge < -0.3 is 20.2 Å². The molecule has 1 aromatic rings. The van der Waals surface area contributed by atoms with Crippen molar-refractivity contribution < 1.29 is 14.3 Å². The molecule has 0 aliphatic rings. The summed E-state index contributed by atoms with van der Waals surface area (Å²) in [7, 11) is 3.86. The van der Waals surface area contributed by atoms with E-state index in [0.717, 1.165) is 5.76 Å². The van der Waals surface area contributed by atoms with Crippen LogP contribution in [0.4, 0.5) is 4.79 Å². The molecule has 21 heavy (non-hydrogen) atoms. The summed E-state index contributed by atoms with van der Waals surface area (Å²) in [6, 6.07) is 3.41. The molecule has 0 saturated carbocycles. The number of aliphatic hydroxyl groups excluding tert-OH is 1. The summed E-state index contributed by atoms with van der Waals surface area (Å²) in [5.41, 5.74) is 0. The lowest BCUT2D eigenvalue weighted by atomic mass is 10.1. The van der Waals surface area contributed by atoms with Crippen molar-refractivity contribution in [3.8, 4) is 0 Å². The molecule has 0 aliphatic carbocycles. The number of nitrogens with one attached hydrogen (secondary N) is 2. The van der Waals surface area contributed by atoms with E-state index in [1.54, 1.807) is 6.26 Å². The van der Waals surface area contributed by atoms with Crippen molar-refractivity contribution in [1.29, 1.82) is 0 Å². The van der Waals surface area contributed by atoms with Crippen LogP contribution < -0.4 is 10.6 Å². The minimum Gasteiger partial charge on any atom is -0.468 e. The van der Waals surface area contributed by atoms with Crippen molar-refractivity contribution in [2.45, 2.75) is 32.4 Å². The second kappa shape index (κ2) is 8.69. The van der Waals surface area contributed by atoms with Gasteiger partial charge in [-0.2, -0.15) is 0 Å². The Hall–Kier alpha value is -1.53. The van der Waals surface area contributed by atoms with Gasteiger partial charge in [0.25, 0.3) is 0 Å². The van der Waals surface area contributed by atoms with Crippen molar-refractivity contribution in [2.75, 3.05) is 27.2 Å². The maximum Gasteiger partial charge on any atom is 0.314 e. The lowest BCUT2D eigenvalue weighted by Gasteiger charge is -2.23. The third kappa shape index (κ3) is 6.64. The number of rotatable bonds is 8. The number of likely N-dealkylation sites (N-methyl/N-ethyl adjacent to an activating group) is 1. The minimum atomic E-state index is -0.509. The highest BCUT2D eigenvalue weighted by Gasteiger charge is 2.18. The predicted molar refractivity (Wildman–Crippen MR) is 82.0 cm³/mol. The Morgan fingerprint density at radius 3 is 2.52 bits per heavy atom. The van der Waals surface area contributed by atoms with Crippen molar-refractivity contribution in [1.82, 2.24) is 15.5 Å². The van der Waals surface area contributed by atoms with Gasteiger partial charge in [0.15, 0.2) is 0 Å². The van der Waals surface area contributed by atoms with Gasteiger partial charge in [-0.15, -0.1) is 0 Å². The van der Waals surface area contributed by atoms with Crippen LogP contribution in [0.2, 0.25) is 0 Å². The van der Waals surface area contributed by atoms with E-state index in [4.69, 9.17) is 4.42 Å². The Kier molecular flexibility index (Phi) is 7.25. The highest BCUT2D eigenvalue weighted by atomic mass is 16.3. The molecule has 2 amide bonds. The lowest BCUT2D eigenvalue weighted by molar-refractivity contribution is 0.146. The van der Waals surface area contributed by atoms with Gasteiger partial charge in [-0.3, -0.25) is 4.90 Å². The SMILES string of the molecule is CC(C)CC(O)CNC(=O)NCC(c1ccco1)N(C)C. The second-order valence-corrected chi connectivity index (χ2v) is 5.87. The Morgan fingerprint density at radius 1 is 1.33 bits per heavy atom. The van der Waals surface area contributed by atoms with Gasteiger partial charge in [-0.25, -0.2) is 4.79 Å². The molecule has 0 saturated heterocycles.